The summed E-state index contributed by atoms with van der Waals surface area (Å²) < 4.78 is 0. The fraction of sp³-hybridized carbons (Fsp3) is 0.818. The van der Waals surface area contributed by atoms with Crippen LogP contribution in [0.2, 0.25) is 0 Å². The van der Waals surface area contributed by atoms with Gasteiger partial charge in [-0.3, -0.25) is 0 Å². The van der Waals surface area contributed by atoms with Gasteiger partial charge in [0.2, 0.25) is 0 Å². The molecule has 2 heteroatoms. The minimum absolute atomic E-state index is 0.123. The minimum Gasteiger partial charge on any atom is -0.394 e. The van der Waals surface area contributed by atoms with E-state index in [-0.39, 0.29) is 5.54 Å². The molecule has 0 atom stereocenters. The molecule has 1 aliphatic rings. The van der Waals surface area contributed by atoms with Crippen LogP contribution in [0.15, 0.2) is 12.7 Å². The molecular formula is C11H21NO. The third kappa shape index (κ3) is 3.92. The molecule has 0 spiro atoms. The lowest BCUT2D eigenvalue weighted by molar-refractivity contribution is 0.230. The van der Waals surface area contributed by atoms with E-state index >= 15 is 0 Å². The molecule has 76 valence electrons. The van der Waals surface area contributed by atoms with Gasteiger partial charge in [0, 0.05) is 5.54 Å². The Balaban J connectivity index is 1.87. The molecule has 1 rings (SSSR count). The van der Waals surface area contributed by atoms with E-state index in [1.165, 1.54) is 19.3 Å². The Morgan fingerprint density at radius 3 is 2.62 bits per heavy atom. The molecule has 0 amide bonds. The molecule has 0 aromatic heterocycles. The molecule has 0 radical (unpaired) electrons. The van der Waals surface area contributed by atoms with Crippen molar-refractivity contribution in [2.24, 2.45) is 0 Å². The minimum atomic E-state index is 0.123. The quantitative estimate of drug-likeness (QED) is 0.444. The van der Waals surface area contributed by atoms with Crippen molar-refractivity contribution in [2.45, 2.75) is 44.1 Å². The van der Waals surface area contributed by atoms with Crippen molar-refractivity contribution in [2.75, 3.05) is 13.2 Å². The van der Waals surface area contributed by atoms with Crippen LogP contribution >= 0.6 is 0 Å². The van der Waals surface area contributed by atoms with Gasteiger partial charge in [0.1, 0.15) is 0 Å². The van der Waals surface area contributed by atoms with Crippen molar-refractivity contribution >= 4 is 0 Å². The van der Waals surface area contributed by atoms with Crippen molar-refractivity contribution in [3.05, 3.63) is 12.7 Å². The van der Waals surface area contributed by atoms with Gasteiger partial charge >= 0.3 is 0 Å². The van der Waals surface area contributed by atoms with Gasteiger partial charge in [-0.2, -0.15) is 0 Å². The fourth-order valence-corrected chi connectivity index (χ4v) is 1.49. The molecule has 2 nitrogen and oxygen atoms in total. The molecule has 2 N–H and O–H groups in total. The maximum atomic E-state index is 9.02. The van der Waals surface area contributed by atoms with E-state index in [2.05, 4.69) is 11.9 Å². The Kier molecular flexibility index (Phi) is 4.46. The highest BCUT2D eigenvalue weighted by Crippen LogP contribution is 2.34. The first kappa shape index (κ1) is 10.7. The Labute approximate surface area is 81.0 Å². The zero-order chi connectivity index (χ0) is 9.57. The van der Waals surface area contributed by atoms with Crippen LogP contribution in [0.1, 0.15) is 38.5 Å². The number of allylic oxidation sites excluding steroid dienone is 1. The molecule has 0 aromatic rings. The van der Waals surface area contributed by atoms with E-state index < -0.39 is 0 Å². The number of rotatable bonds is 8. The third-order valence-corrected chi connectivity index (χ3v) is 2.74. The van der Waals surface area contributed by atoms with Gasteiger partial charge in [-0.15, -0.1) is 6.58 Å². The van der Waals surface area contributed by atoms with E-state index in [9.17, 15) is 0 Å². The molecule has 1 aliphatic carbocycles. The van der Waals surface area contributed by atoms with Crippen molar-refractivity contribution < 1.29 is 5.11 Å². The van der Waals surface area contributed by atoms with Crippen LogP contribution in [0, 0.1) is 0 Å². The summed E-state index contributed by atoms with van der Waals surface area (Å²) in [7, 11) is 0. The standard InChI is InChI=1S/C11H21NO/c1-2-3-4-5-6-9-12-11(10-13)7-8-11/h2,12-13H,1,3-10H2. The van der Waals surface area contributed by atoms with E-state index in [0.29, 0.717) is 6.61 Å². The van der Waals surface area contributed by atoms with Gasteiger partial charge in [-0.25, -0.2) is 0 Å². The Morgan fingerprint density at radius 1 is 1.31 bits per heavy atom. The van der Waals surface area contributed by atoms with Gasteiger partial charge < -0.3 is 10.4 Å². The summed E-state index contributed by atoms with van der Waals surface area (Å²) >= 11 is 0. The van der Waals surface area contributed by atoms with E-state index in [0.717, 1.165) is 25.8 Å². The normalized spacial score (nSPS) is 18.5. The smallest absolute Gasteiger partial charge is 0.0613 e. The number of aliphatic hydroxyl groups excluding tert-OH is 1. The Bertz CT molecular complexity index is 152. The van der Waals surface area contributed by atoms with Crippen molar-refractivity contribution in [1.29, 1.82) is 0 Å². The first-order valence-electron chi connectivity index (χ1n) is 5.30. The van der Waals surface area contributed by atoms with Crippen LogP contribution in [0.25, 0.3) is 0 Å². The summed E-state index contributed by atoms with van der Waals surface area (Å²) in [6, 6.07) is 0. The summed E-state index contributed by atoms with van der Waals surface area (Å²) in [5.41, 5.74) is 0.123. The summed E-state index contributed by atoms with van der Waals surface area (Å²) in [6.07, 6.45) is 9.13. The van der Waals surface area contributed by atoms with Gasteiger partial charge in [0.15, 0.2) is 0 Å². The monoisotopic (exact) mass is 183 g/mol. The molecule has 13 heavy (non-hydrogen) atoms. The number of nitrogens with one attached hydrogen (secondary N) is 1. The first-order valence-corrected chi connectivity index (χ1v) is 5.30. The molecule has 0 aliphatic heterocycles. The zero-order valence-corrected chi connectivity index (χ0v) is 8.39. The Hall–Kier alpha value is -0.340. The first-order chi connectivity index (χ1) is 6.33. The maximum absolute atomic E-state index is 9.02. The van der Waals surface area contributed by atoms with Crippen LogP contribution in [0.4, 0.5) is 0 Å². The summed E-state index contributed by atoms with van der Waals surface area (Å²) in [6.45, 7) is 5.05. The molecule has 0 heterocycles. The van der Waals surface area contributed by atoms with Gasteiger partial charge in [0.05, 0.1) is 6.61 Å². The average molecular weight is 183 g/mol. The lowest BCUT2D eigenvalue weighted by atomic mass is 10.2. The van der Waals surface area contributed by atoms with E-state index in [4.69, 9.17) is 5.11 Å². The Morgan fingerprint density at radius 2 is 2.08 bits per heavy atom. The maximum Gasteiger partial charge on any atom is 0.0613 e. The molecule has 0 bridgehead atoms. The van der Waals surface area contributed by atoms with Crippen molar-refractivity contribution in [1.82, 2.24) is 5.32 Å². The van der Waals surface area contributed by atoms with Crippen molar-refractivity contribution in [3.63, 3.8) is 0 Å². The predicted molar refractivity (Wildman–Crippen MR) is 55.7 cm³/mol. The summed E-state index contributed by atoms with van der Waals surface area (Å²) in [4.78, 5) is 0. The highest BCUT2D eigenvalue weighted by Gasteiger charge is 2.40. The molecule has 0 aromatic carbocycles. The SMILES string of the molecule is C=CCCCCCNC1(CO)CC1. The highest BCUT2D eigenvalue weighted by atomic mass is 16.3. The number of aliphatic hydroxyl groups is 1. The van der Waals surface area contributed by atoms with Crippen LogP contribution in [-0.2, 0) is 0 Å². The van der Waals surface area contributed by atoms with Crippen LogP contribution in [0.3, 0.4) is 0 Å². The number of hydrogen-bond donors (Lipinski definition) is 2. The van der Waals surface area contributed by atoms with Crippen LogP contribution < -0.4 is 5.32 Å². The van der Waals surface area contributed by atoms with E-state index in [1.807, 2.05) is 6.08 Å². The summed E-state index contributed by atoms with van der Waals surface area (Å²) in [5.74, 6) is 0. The highest BCUT2D eigenvalue weighted by molar-refractivity contribution is 5.01. The molecule has 1 saturated carbocycles. The van der Waals surface area contributed by atoms with Crippen LogP contribution in [-0.4, -0.2) is 23.8 Å². The zero-order valence-electron chi connectivity index (χ0n) is 8.39. The second-order valence-corrected chi connectivity index (χ2v) is 4.00. The predicted octanol–water partition coefficient (Wildman–Crippen LogP) is 1.85. The molecular weight excluding hydrogens is 162 g/mol. The third-order valence-electron chi connectivity index (χ3n) is 2.74. The lowest BCUT2D eigenvalue weighted by Gasteiger charge is -2.13. The van der Waals surface area contributed by atoms with Crippen LogP contribution in [0.5, 0.6) is 0 Å². The van der Waals surface area contributed by atoms with Crippen molar-refractivity contribution in [3.8, 4) is 0 Å². The second-order valence-electron chi connectivity index (χ2n) is 4.00. The molecule has 1 fully saturated rings. The fourth-order valence-electron chi connectivity index (χ4n) is 1.49. The molecule has 0 saturated heterocycles. The van der Waals surface area contributed by atoms with Gasteiger partial charge in [0.25, 0.3) is 0 Å². The van der Waals surface area contributed by atoms with Gasteiger partial charge in [-0.1, -0.05) is 12.5 Å². The largest absolute Gasteiger partial charge is 0.394 e. The average Bonchev–Trinajstić information content (AvgIpc) is 2.92. The number of unbranched alkanes of at least 4 members (excludes halogenated alkanes) is 3. The van der Waals surface area contributed by atoms with Gasteiger partial charge in [-0.05, 0) is 38.6 Å². The lowest BCUT2D eigenvalue weighted by Crippen LogP contribution is -2.35. The summed E-state index contributed by atoms with van der Waals surface area (Å²) in [5, 5.41) is 12.4. The van der Waals surface area contributed by atoms with E-state index in [1.54, 1.807) is 0 Å². The second kappa shape index (κ2) is 5.40. The topological polar surface area (TPSA) is 32.3 Å². The molecule has 0 unspecified atom stereocenters. The number of hydrogen-bond acceptors (Lipinski definition) is 2.